The van der Waals surface area contributed by atoms with Crippen molar-refractivity contribution in [3.05, 3.63) is 95.3 Å². The number of guanidine groups is 1. The van der Waals surface area contributed by atoms with E-state index in [1.807, 2.05) is 12.1 Å². The van der Waals surface area contributed by atoms with Crippen LogP contribution < -0.4 is 11.5 Å². The summed E-state index contributed by atoms with van der Waals surface area (Å²) in [5.74, 6) is 0.339. The van der Waals surface area contributed by atoms with Crippen molar-refractivity contribution in [2.45, 2.75) is 25.3 Å². The van der Waals surface area contributed by atoms with Gasteiger partial charge in [0.15, 0.2) is 0 Å². The van der Waals surface area contributed by atoms with Crippen molar-refractivity contribution in [3.8, 4) is 0 Å². The molecule has 0 spiro atoms. The normalized spacial score (nSPS) is 16.9. The van der Waals surface area contributed by atoms with Crippen LogP contribution in [0, 0.1) is 0 Å². The molecule has 0 saturated heterocycles. The third-order valence-electron chi connectivity index (χ3n) is 5.02. The molecule has 1 aromatic heterocycles. The molecule has 6 heteroatoms. The summed E-state index contributed by atoms with van der Waals surface area (Å²) >= 11 is 0. The molecule has 144 valence electrons. The van der Waals surface area contributed by atoms with Crippen LogP contribution in [0.3, 0.4) is 0 Å². The molecular weight excluding hydrogens is 370 g/mol. The summed E-state index contributed by atoms with van der Waals surface area (Å²) in [5, 5.41) is 8.28. The molecule has 1 aliphatic rings. The van der Waals surface area contributed by atoms with E-state index in [9.17, 15) is 0 Å². The van der Waals surface area contributed by atoms with E-state index in [4.69, 9.17) is 11.5 Å². The zero-order chi connectivity index (χ0) is 18.6. The Morgan fingerprint density at radius 2 is 1.61 bits per heavy atom. The van der Waals surface area contributed by atoms with Crippen LogP contribution in [-0.4, -0.2) is 16.2 Å². The van der Waals surface area contributed by atoms with Gasteiger partial charge in [-0.3, -0.25) is 0 Å². The van der Waals surface area contributed by atoms with Crippen molar-refractivity contribution in [1.29, 1.82) is 0 Å². The third-order valence-corrected chi connectivity index (χ3v) is 5.02. The van der Waals surface area contributed by atoms with E-state index in [2.05, 4.69) is 75.6 Å². The molecule has 1 heterocycles. The van der Waals surface area contributed by atoms with Crippen LogP contribution in [-0.2, 0) is 13.0 Å². The van der Waals surface area contributed by atoms with Gasteiger partial charge in [-0.1, -0.05) is 60.7 Å². The second kappa shape index (κ2) is 8.76. The maximum Gasteiger partial charge on any atom is 0.211 e. The maximum atomic E-state index is 5.50. The first kappa shape index (κ1) is 19.7. The van der Waals surface area contributed by atoms with Crippen LogP contribution >= 0.6 is 12.4 Å². The van der Waals surface area contributed by atoms with Gasteiger partial charge in [0, 0.05) is 24.0 Å². The summed E-state index contributed by atoms with van der Waals surface area (Å²) in [7, 11) is 0. The summed E-state index contributed by atoms with van der Waals surface area (Å²) in [4.78, 5) is 0. The molecule has 0 amide bonds. The molecule has 0 aliphatic heterocycles. The molecule has 4 N–H and O–H groups in total. The number of halogens is 1. The molecule has 2 aromatic carbocycles. The number of nitrogens with zero attached hydrogens (tertiary/aromatic N) is 3. The number of aromatic nitrogens is 1. The molecule has 0 bridgehead atoms. The SMILES string of the molecule is Cl.NC(N)=NN=C1CC(c2ccccc2)Cc2c1ccn2Cc1ccccc1. The molecule has 1 unspecified atom stereocenters. The van der Waals surface area contributed by atoms with Crippen molar-refractivity contribution in [2.24, 2.45) is 21.7 Å². The molecule has 1 atom stereocenters. The lowest BCUT2D eigenvalue weighted by Gasteiger charge is -2.25. The predicted molar refractivity (Wildman–Crippen MR) is 117 cm³/mol. The number of rotatable bonds is 4. The van der Waals surface area contributed by atoms with E-state index in [0.29, 0.717) is 5.92 Å². The zero-order valence-electron chi connectivity index (χ0n) is 15.5. The standard InChI is InChI=1S/C22H23N5.ClH/c23-22(24)26-25-20-13-18(17-9-5-2-6-10-17)14-21-19(20)11-12-27(21)15-16-7-3-1-4-8-16;/h1-12,18H,13-15H2,(H4,23,24,26);1H. The average Bonchev–Trinajstić information content (AvgIpc) is 3.10. The Labute approximate surface area is 171 Å². The first-order chi connectivity index (χ1) is 13.2. The minimum Gasteiger partial charge on any atom is -0.369 e. The van der Waals surface area contributed by atoms with E-state index in [1.165, 1.54) is 16.8 Å². The number of fused-ring (bicyclic) bond motifs is 1. The van der Waals surface area contributed by atoms with Gasteiger partial charge in [0.05, 0.1) is 5.71 Å². The van der Waals surface area contributed by atoms with Crippen molar-refractivity contribution in [2.75, 3.05) is 0 Å². The van der Waals surface area contributed by atoms with E-state index < -0.39 is 0 Å². The second-order valence-electron chi connectivity index (χ2n) is 6.88. The summed E-state index contributed by atoms with van der Waals surface area (Å²) < 4.78 is 2.31. The summed E-state index contributed by atoms with van der Waals surface area (Å²) in [6.07, 6.45) is 3.93. The van der Waals surface area contributed by atoms with Gasteiger partial charge in [0.25, 0.3) is 0 Å². The predicted octanol–water partition coefficient (Wildman–Crippen LogP) is 3.67. The highest BCUT2D eigenvalue weighted by Gasteiger charge is 2.27. The fraction of sp³-hybridized carbons (Fsp3) is 0.182. The zero-order valence-corrected chi connectivity index (χ0v) is 16.3. The summed E-state index contributed by atoms with van der Waals surface area (Å²) in [5.41, 5.74) is 16.9. The van der Waals surface area contributed by atoms with Gasteiger partial charge < -0.3 is 16.0 Å². The highest BCUT2D eigenvalue weighted by Crippen LogP contribution is 2.34. The summed E-state index contributed by atoms with van der Waals surface area (Å²) in [6.45, 7) is 0.841. The first-order valence-electron chi connectivity index (χ1n) is 9.13. The summed E-state index contributed by atoms with van der Waals surface area (Å²) in [6, 6.07) is 23.2. The molecule has 4 rings (SSSR count). The van der Waals surface area contributed by atoms with Gasteiger partial charge in [0.1, 0.15) is 0 Å². The molecule has 5 nitrogen and oxygen atoms in total. The van der Waals surface area contributed by atoms with Gasteiger partial charge in [-0.05, 0) is 36.0 Å². The molecule has 28 heavy (non-hydrogen) atoms. The molecule has 0 saturated carbocycles. The molecule has 3 aromatic rings. The quantitative estimate of drug-likeness (QED) is 0.403. The maximum absolute atomic E-state index is 5.50. The van der Waals surface area contributed by atoms with Gasteiger partial charge >= 0.3 is 0 Å². The Kier molecular flexibility index (Phi) is 6.16. The van der Waals surface area contributed by atoms with E-state index >= 15 is 0 Å². The van der Waals surface area contributed by atoms with Crippen molar-refractivity contribution >= 4 is 24.1 Å². The van der Waals surface area contributed by atoms with Crippen LogP contribution in [0.5, 0.6) is 0 Å². The smallest absolute Gasteiger partial charge is 0.211 e. The van der Waals surface area contributed by atoms with Gasteiger partial charge in [-0.25, -0.2) is 0 Å². The van der Waals surface area contributed by atoms with Gasteiger partial charge in [-0.2, -0.15) is 5.10 Å². The highest BCUT2D eigenvalue weighted by molar-refractivity contribution is 6.03. The van der Waals surface area contributed by atoms with Crippen LogP contribution in [0.15, 0.2) is 83.1 Å². The topological polar surface area (TPSA) is 81.7 Å². The monoisotopic (exact) mass is 393 g/mol. The number of nitrogens with two attached hydrogens (primary N) is 2. The second-order valence-corrected chi connectivity index (χ2v) is 6.88. The molecule has 1 aliphatic carbocycles. The Balaban J connectivity index is 0.00000225. The molecular formula is C22H24ClN5. The Bertz CT molecular complexity index is 973. The van der Waals surface area contributed by atoms with E-state index in [0.717, 1.165) is 30.7 Å². The Hall–Kier alpha value is -3.05. The first-order valence-corrected chi connectivity index (χ1v) is 9.13. The van der Waals surface area contributed by atoms with E-state index in [-0.39, 0.29) is 18.4 Å². The minimum atomic E-state index is -0.0189. The van der Waals surface area contributed by atoms with Crippen LogP contribution in [0.4, 0.5) is 0 Å². The van der Waals surface area contributed by atoms with Crippen LogP contribution in [0.2, 0.25) is 0 Å². The Morgan fingerprint density at radius 1 is 0.929 bits per heavy atom. The fourth-order valence-electron chi connectivity index (χ4n) is 3.75. The largest absolute Gasteiger partial charge is 0.369 e. The fourth-order valence-corrected chi connectivity index (χ4v) is 3.75. The lowest BCUT2D eigenvalue weighted by atomic mass is 9.82. The van der Waals surface area contributed by atoms with Crippen LogP contribution in [0.1, 0.15) is 34.7 Å². The Morgan fingerprint density at radius 3 is 2.29 bits per heavy atom. The highest BCUT2D eigenvalue weighted by atomic mass is 35.5. The molecule has 0 radical (unpaired) electrons. The molecule has 0 fully saturated rings. The average molecular weight is 394 g/mol. The van der Waals surface area contributed by atoms with Crippen molar-refractivity contribution < 1.29 is 0 Å². The lowest BCUT2D eigenvalue weighted by Crippen LogP contribution is -2.24. The van der Waals surface area contributed by atoms with Crippen molar-refractivity contribution in [3.63, 3.8) is 0 Å². The van der Waals surface area contributed by atoms with Crippen LogP contribution in [0.25, 0.3) is 0 Å². The minimum absolute atomic E-state index is 0. The van der Waals surface area contributed by atoms with Gasteiger partial charge in [-0.15, -0.1) is 17.5 Å². The lowest BCUT2D eigenvalue weighted by molar-refractivity contribution is 0.636. The van der Waals surface area contributed by atoms with E-state index in [1.54, 1.807) is 0 Å². The number of benzene rings is 2. The third kappa shape index (κ3) is 4.26. The van der Waals surface area contributed by atoms with Gasteiger partial charge in [0.2, 0.25) is 5.96 Å². The van der Waals surface area contributed by atoms with Crippen molar-refractivity contribution in [1.82, 2.24) is 4.57 Å². The number of hydrogen-bond donors (Lipinski definition) is 2. The number of hydrogen-bond acceptors (Lipinski definition) is 2.